The van der Waals surface area contributed by atoms with Crippen molar-refractivity contribution in [1.82, 2.24) is 0 Å². The first-order valence-electron chi connectivity index (χ1n) is 13.2. The summed E-state index contributed by atoms with van der Waals surface area (Å²) >= 11 is 0. The summed E-state index contributed by atoms with van der Waals surface area (Å²) in [6.45, 7) is 2.21. The van der Waals surface area contributed by atoms with Gasteiger partial charge in [0, 0.05) is 16.8 Å². The van der Waals surface area contributed by atoms with Crippen LogP contribution in [0, 0.1) is 6.92 Å². The Kier molecular flexibility index (Phi) is 5.29. The molecule has 0 saturated heterocycles. The van der Waals surface area contributed by atoms with Crippen LogP contribution in [0.15, 0.2) is 139 Å². The van der Waals surface area contributed by atoms with E-state index >= 15 is 0 Å². The molecule has 2 bridgehead atoms. The van der Waals surface area contributed by atoms with Crippen LogP contribution < -0.4 is 4.90 Å². The maximum absolute atomic E-state index is 2.58. The number of allylic oxidation sites excluding steroid dienone is 6. The van der Waals surface area contributed by atoms with Gasteiger partial charge in [0.15, 0.2) is 0 Å². The first-order chi connectivity index (χ1) is 18.3. The lowest BCUT2D eigenvalue weighted by Crippen LogP contribution is -2.31. The lowest BCUT2D eigenvalue weighted by atomic mass is 9.80. The van der Waals surface area contributed by atoms with Gasteiger partial charge in [-0.3, -0.25) is 0 Å². The molecule has 0 amide bonds. The van der Waals surface area contributed by atoms with Crippen LogP contribution in [-0.2, 0) is 0 Å². The van der Waals surface area contributed by atoms with Crippen molar-refractivity contribution in [3.8, 4) is 11.1 Å². The monoisotopic (exact) mass is 475 g/mol. The molecule has 37 heavy (non-hydrogen) atoms. The van der Waals surface area contributed by atoms with Gasteiger partial charge in [-0.25, -0.2) is 0 Å². The van der Waals surface area contributed by atoms with E-state index < -0.39 is 0 Å². The number of nitrogens with zero attached hydrogens (tertiary/aromatic N) is 1. The maximum Gasteiger partial charge on any atom is 0.0785 e. The minimum absolute atomic E-state index is 0.103. The quantitative estimate of drug-likeness (QED) is 0.285. The van der Waals surface area contributed by atoms with Crippen LogP contribution in [0.25, 0.3) is 22.4 Å². The summed E-state index contributed by atoms with van der Waals surface area (Å²) in [6, 6.07) is 37.6. The zero-order valence-electron chi connectivity index (χ0n) is 21.1. The van der Waals surface area contributed by atoms with Crippen molar-refractivity contribution in [1.29, 1.82) is 0 Å². The Labute approximate surface area is 219 Å². The Morgan fingerprint density at radius 3 is 2.16 bits per heavy atom. The highest BCUT2D eigenvalue weighted by atomic mass is 15.2. The number of anilines is 1. The van der Waals surface area contributed by atoms with Gasteiger partial charge in [-0.15, -0.1) is 0 Å². The minimum Gasteiger partial charge on any atom is -0.329 e. The van der Waals surface area contributed by atoms with Gasteiger partial charge >= 0.3 is 0 Å². The summed E-state index contributed by atoms with van der Waals surface area (Å²) in [5.41, 5.74) is 14.4. The van der Waals surface area contributed by atoms with E-state index in [-0.39, 0.29) is 6.04 Å². The number of para-hydroxylation sites is 1. The van der Waals surface area contributed by atoms with Gasteiger partial charge in [0.05, 0.1) is 11.7 Å². The lowest BCUT2D eigenvalue weighted by molar-refractivity contribution is 0.839. The smallest absolute Gasteiger partial charge is 0.0785 e. The number of benzene rings is 4. The van der Waals surface area contributed by atoms with Gasteiger partial charge in [0.2, 0.25) is 0 Å². The molecule has 1 aliphatic carbocycles. The number of rotatable bonds is 3. The third-order valence-electron chi connectivity index (χ3n) is 7.91. The summed E-state index contributed by atoms with van der Waals surface area (Å²) in [7, 11) is 0. The van der Waals surface area contributed by atoms with E-state index in [9.17, 15) is 0 Å². The molecule has 8 rings (SSSR count). The summed E-state index contributed by atoms with van der Waals surface area (Å²) in [5.74, 6) is 0. The predicted molar refractivity (Wildman–Crippen MR) is 156 cm³/mol. The molecule has 1 nitrogen and oxygen atoms in total. The van der Waals surface area contributed by atoms with Crippen LogP contribution in [0.3, 0.4) is 0 Å². The van der Waals surface area contributed by atoms with Gasteiger partial charge in [-0.05, 0) is 77.0 Å². The van der Waals surface area contributed by atoms with Gasteiger partial charge < -0.3 is 4.90 Å². The highest BCUT2D eigenvalue weighted by Gasteiger charge is 2.34. The summed E-state index contributed by atoms with van der Waals surface area (Å²) in [6.07, 6.45) is 11.8. The molecule has 3 aliphatic heterocycles. The molecule has 0 radical (unpaired) electrons. The minimum atomic E-state index is 0.103. The molecule has 4 aromatic rings. The van der Waals surface area contributed by atoms with E-state index in [1.54, 1.807) is 0 Å². The van der Waals surface area contributed by atoms with E-state index in [0.29, 0.717) is 0 Å². The van der Waals surface area contributed by atoms with Crippen molar-refractivity contribution in [3.05, 3.63) is 161 Å². The fourth-order valence-corrected chi connectivity index (χ4v) is 6.15. The van der Waals surface area contributed by atoms with Gasteiger partial charge in [0.25, 0.3) is 0 Å². The lowest BCUT2D eigenvalue weighted by Gasteiger charge is -2.42. The van der Waals surface area contributed by atoms with E-state index in [4.69, 9.17) is 0 Å². The standard InChI is InChI=1S/C36H29N/c1-25-13-5-7-17-28(25)30-19-9-10-20-31(30)36-23-27-16-6-8-18-29(27)33-24-35(26-14-3-2-4-15-26)37(36)34-22-12-11-21-32(33)34/h2-5,7-15,17-24,35H,6,16H2,1H3/b36-23-. The Morgan fingerprint density at radius 2 is 1.35 bits per heavy atom. The molecule has 1 unspecified atom stereocenters. The Balaban J connectivity index is 1.56. The fraction of sp³-hybridized carbons (Fsp3) is 0.111. The van der Waals surface area contributed by atoms with Crippen molar-refractivity contribution >= 4 is 17.0 Å². The maximum atomic E-state index is 2.58. The normalized spacial score (nSPS) is 19.4. The zero-order chi connectivity index (χ0) is 24.8. The second-order valence-electron chi connectivity index (χ2n) is 10.1. The van der Waals surface area contributed by atoms with Crippen LogP contribution in [-0.4, -0.2) is 0 Å². The molecule has 0 aromatic heterocycles. The Bertz CT molecular complexity index is 1630. The third kappa shape index (κ3) is 3.62. The second kappa shape index (κ2) is 8.94. The van der Waals surface area contributed by atoms with Crippen molar-refractivity contribution in [3.63, 3.8) is 0 Å². The predicted octanol–water partition coefficient (Wildman–Crippen LogP) is 9.31. The number of fused-ring (bicyclic) bond motifs is 1. The Hall–Kier alpha value is -4.36. The highest BCUT2D eigenvalue weighted by Crippen LogP contribution is 2.51. The van der Waals surface area contributed by atoms with Crippen LogP contribution in [0.4, 0.5) is 5.69 Å². The molecular formula is C36H29N. The summed E-state index contributed by atoms with van der Waals surface area (Å²) < 4.78 is 0. The van der Waals surface area contributed by atoms with Gasteiger partial charge in [-0.1, -0.05) is 109 Å². The molecule has 0 saturated carbocycles. The average molecular weight is 476 g/mol. The zero-order valence-corrected chi connectivity index (χ0v) is 21.1. The van der Waals surface area contributed by atoms with E-state index in [0.717, 1.165) is 12.8 Å². The molecule has 4 aliphatic rings. The first-order valence-corrected chi connectivity index (χ1v) is 13.2. The van der Waals surface area contributed by atoms with E-state index in [2.05, 4.69) is 139 Å². The van der Waals surface area contributed by atoms with Crippen LogP contribution in [0.5, 0.6) is 0 Å². The van der Waals surface area contributed by atoms with Gasteiger partial charge in [0.1, 0.15) is 0 Å². The van der Waals surface area contributed by atoms with Crippen LogP contribution >= 0.6 is 0 Å². The van der Waals surface area contributed by atoms with Crippen LogP contribution in [0.1, 0.15) is 41.1 Å². The molecular weight excluding hydrogens is 446 g/mol. The van der Waals surface area contributed by atoms with E-state index in [1.807, 2.05) is 0 Å². The third-order valence-corrected chi connectivity index (χ3v) is 7.91. The average Bonchev–Trinajstić information content (AvgIpc) is 2.95. The van der Waals surface area contributed by atoms with Crippen molar-refractivity contribution in [2.75, 3.05) is 4.90 Å². The molecule has 0 N–H and O–H groups in total. The topological polar surface area (TPSA) is 3.24 Å². The molecule has 0 spiro atoms. The highest BCUT2D eigenvalue weighted by molar-refractivity contribution is 6.01. The van der Waals surface area contributed by atoms with Crippen molar-refractivity contribution in [2.24, 2.45) is 0 Å². The first kappa shape index (κ1) is 21.9. The molecule has 3 heterocycles. The molecule has 4 aromatic carbocycles. The van der Waals surface area contributed by atoms with Crippen molar-refractivity contribution < 1.29 is 0 Å². The second-order valence-corrected chi connectivity index (χ2v) is 10.1. The van der Waals surface area contributed by atoms with E-state index in [1.165, 1.54) is 61.5 Å². The summed E-state index contributed by atoms with van der Waals surface area (Å²) in [5, 5.41) is 0. The van der Waals surface area contributed by atoms with Gasteiger partial charge in [-0.2, -0.15) is 0 Å². The summed E-state index contributed by atoms with van der Waals surface area (Å²) in [4.78, 5) is 2.58. The fourth-order valence-electron chi connectivity index (χ4n) is 6.15. The van der Waals surface area contributed by atoms with Crippen LogP contribution in [0.2, 0.25) is 0 Å². The molecule has 1 heteroatoms. The molecule has 1 atom stereocenters. The largest absolute Gasteiger partial charge is 0.329 e. The number of hydrogen-bond donors (Lipinski definition) is 0. The molecule has 0 fully saturated rings. The van der Waals surface area contributed by atoms with Crippen molar-refractivity contribution in [2.45, 2.75) is 25.8 Å². The number of aryl methyl sites for hydroxylation is 1. The molecule has 178 valence electrons. The Morgan fingerprint density at radius 1 is 0.676 bits per heavy atom. The SMILES string of the molecule is Cc1ccccc1-c1ccccc1/C1=C/C2=C(C=CCC2)C2=CC(c3ccccc3)N1c1ccccc12. The number of hydrogen-bond acceptors (Lipinski definition) is 1.